The van der Waals surface area contributed by atoms with Crippen LogP contribution < -0.4 is 14.8 Å². The summed E-state index contributed by atoms with van der Waals surface area (Å²) >= 11 is 6.77. The summed E-state index contributed by atoms with van der Waals surface area (Å²) in [4.78, 5) is 51.3. The van der Waals surface area contributed by atoms with Gasteiger partial charge in [-0.05, 0) is 85.3 Å². The highest BCUT2D eigenvalue weighted by Crippen LogP contribution is 2.35. The number of thioether (sulfide) groups is 1. The fraction of sp³-hybridized carbons (Fsp3) is 0.200. The maximum atomic E-state index is 13.2. The Bertz CT molecular complexity index is 1550. The summed E-state index contributed by atoms with van der Waals surface area (Å²) in [6.07, 6.45) is 1.53. The molecule has 0 saturated carbocycles. The minimum absolute atomic E-state index is 0.0729. The lowest BCUT2D eigenvalue weighted by molar-refractivity contribution is -0.127. The summed E-state index contributed by atoms with van der Waals surface area (Å²) in [5.74, 6) is -1.37. The zero-order chi connectivity index (χ0) is 30.2. The predicted octanol–water partition coefficient (Wildman–Crippen LogP) is 6.31. The van der Waals surface area contributed by atoms with Crippen LogP contribution in [0.25, 0.3) is 6.08 Å². The zero-order valence-corrected chi connectivity index (χ0v) is 24.2. The second-order valence-electron chi connectivity index (χ2n) is 8.79. The maximum Gasteiger partial charge on any atom is 0.339 e. The Morgan fingerprint density at radius 3 is 2.45 bits per heavy atom. The molecule has 0 radical (unpaired) electrons. The summed E-state index contributed by atoms with van der Waals surface area (Å²) in [6.45, 7) is 3.65. The van der Waals surface area contributed by atoms with Gasteiger partial charge in [0.25, 0.3) is 11.1 Å². The molecule has 0 unspecified atom stereocenters. The minimum Gasteiger partial charge on any atom is -0.490 e. The number of rotatable bonds is 11. The molecular weight excluding hydrogens is 587 g/mol. The zero-order valence-electron chi connectivity index (χ0n) is 22.6. The van der Waals surface area contributed by atoms with Crippen LogP contribution in [0.4, 0.5) is 14.9 Å². The number of anilines is 1. The number of hydrogen-bond donors (Lipinski definition) is 1. The van der Waals surface area contributed by atoms with Gasteiger partial charge in [-0.1, -0.05) is 29.8 Å². The number of nitrogens with one attached hydrogen (secondary N) is 1. The number of nitrogens with zero attached hydrogens (tertiary/aromatic N) is 1. The van der Waals surface area contributed by atoms with Crippen molar-refractivity contribution in [2.45, 2.75) is 20.5 Å². The molecule has 4 rings (SSSR count). The number of halogens is 2. The van der Waals surface area contributed by atoms with Crippen LogP contribution in [0.1, 0.15) is 35.3 Å². The lowest BCUT2D eigenvalue weighted by Crippen LogP contribution is -2.36. The number of imide groups is 1. The standard InChI is InChI=1S/C30H26ClFN2O7S/c1-3-39-25-13-19(7-12-24(25)41-17-18-5-8-20(32)9-6-18)14-26-28(36)34(30(38)42-26)16-27(35)33-21-10-11-23(31)22(15-21)29(37)40-4-2/h5-15H,3-4,16-17H2,1-2H3,(H,33,35)/b26-14-. The lowest BCUT2D eigenvalue weighted by atomic mass is 10.1. The number of esters is 1. The SMILES string of the molecule is CCOC(=O)c1cc(NC(=O)CN2C(=O)S/C(=C\c3ccc(OCc4ccc(F)cc4)c(OCC)c3)C2=O)ccc1Cl. The van der Waals surface area contributed by atoms with E-state index < -0.39 is 29.6 Å². The molecule has 3 aromatic carbocycles. The van der Waals surface area contributed by atoms with Crippen molar-refractivity contribution in [3.05, 3.63) is 93.1 Å². The largest absolute Gasteiger partial charge is 0.490 e. The monoisotopic (exact) mass is 612 g/mol. The first-order valence-corrected chi connectivity index (χ1v) is 14.0. The van der Waals surface area contributed by atoms with Gasteiger partial charge in [0, 0.05) is 5.69 Å². The van der Waals surface area contributed by atoms with E-state index in [-0.39, 0.29) is 40.2 Å². The third-order valence-corrected chi connectivity index (χ3v) is 7.03. The molecule has 1 saturated heterocycles. The van der Waals surface area contributed by atoms with Crippen LogP contribution in [-0.4, -0.2) is 47.7 Å². The van der Waals surface area contributed by atoms with E-state index in [1.54, 1.807) is 37.3 Å². The highest BCUT2D eigenvalue weighted by Gasteiger charge is 2.36. The highest BCUT2D eigenvalue weighted by atomic mass is 35.5. The fourth-order valence-electron chi connectivity index (χ4n) is 3.84. The number of ether oxygens (including phenoxy) is 3. The van der Waals surface area contributed by atoms with Crippen LogP contribution in [0.2, 0.25) is 5.02 Å². The first kappa shape index (κ1) is 30.6. The number of carbonyl (C=O) groups excluding carboxylic acids is 4. The average Bonchev–Trinajstić information content (AvgIpc) is 3.22. The fourth-order valence-corrected chi connectivity index (χ4v) is 4.88. The minimum atomic E-state index is -0.644. The molecule has 1 heterocycles. The van der Waals surface area contributed by atoms with Gasteiger partial charge in [0.2, 0.25) is 5.91 Å². The van der Waals surface area contributed by atoms with E-state index in [4.69, 9.17) is 25.8 Å². The van der Waals surface area contributed by atoms with E-state index in [0.717, 1.165) is 10.5 Å². The topological polar surface area (TPSA) is 111 Å². The molecular formula is C30H26ClFN2O7S. The molecule has 9 nitrogen and oxygen atoms in total. The van der Waals surface area contributed by atoms with Gasteiger partial charge in [-0.15, -0.1) is 0 Å². The van der Waals surface area contributed by atoms with Gasteiger partial charge in [-0.3, -0.25) is 19.3 Å². The first-order chi connectivity index (χ1) is 20.2. The van der Waals surface area contributed by atoms with Gasteiger partial charge < -0.3 is 19.5 Å². The summed E-state index contributed by atoms with van der Waals surface area (Å²) in [6, 6.07) is 15.3. The van der Waals surface area contributed by atoms with Crippen LogP contribution in [-0.2, 0) is 20.9 Å². The Labute approximate surface area is 250 Å². The molecule has 3 amide bonds. The van der Waals surface area contributed by atoms with Gasteiger partial charge in [0.15, 0.2) is 11.5 Å². The van der Waals surface area contributed by atoms with Crippen LogP contribution in [0.15, 0.2) is 65.6 Å². The average molecular weight is 613 g/mol. The summed E-state index contributed by atoms with van der Waals surface area (Å²) in [7, 11) is 0. The highest BCUT2D eigenvalue weighted by molar-refractivity contribution is 8.18. The van der Waals surface area contributed by atoms with Gasteiger partial charge in [0.05, 0.1) is 28.7 Å². The van der Waals surface area contributed by atoms with Crippen molar-refractivity contribution in [3.8, 4) is 11.5 Å². The summed E-state index contributed by atoms with van der Waals surface area (Å²) in [5, 5.41) is 2.12. The normalized spacial score (nSPS) is 13.8. The van der Waals surface area contributed by atoms with Crippen molar-refractivity contribution < 1.29 is 37.8 Å². The van der Waals surface area contributed by atoms with Gasteiger partial charge >= 0.3 is 5.97 Å². The van der Waals surface area contributed by atoms with Crippen LogP contribution in [0.3, 0.4) is 0 Å². The Kier molecular flexibility index (Phi) is 10.2. The van der Waals surface area contributed by atoms with Crippen LogP contribution in [0.5, 0.6) is 11.5 Å². The third-order valence-electron chi connectivity index (χ3n) is 5.79. The quantitative estimate of drug-likeness (QED) is 0.198. The van der Waals surface area contributed by atoms with Crippen LogP contribution in [0, 0.1) is 5.82 Å². The molecule has 1 aliphatic heterocycles. The first-order valence-electron chi connectivity index (χ1n) is 12.8. The van der Waals surface area contributed by atoms with E-state index in [9.17, 15) is 23.6 Å². The molecule has 0 spiro atoms. The molecule has 3 aromatic rings. The molecule has 0 atom stereocenters. The van der Waals surface area contributed by atoms with Crippen molar-refractivity contribution in [1.29, 1.82) is 0 Å². The Morgan fingerprint density at radius 1 is 0.976 bits per heavy atom. The van der Waals surface area contributed by atoms with E-state index >= 15 is 0 Å². The second-order valence-corrected chi connectivity index (χ2v) is 10.2. The van der Waals surface area contributed by atoms with Crippen molar-refractivity contribution >= 4 is 58.1 Å². The predicted molar refractivity (Wildman–Crippen MR) is 157 cm³/mol. The number of hydrogen-bond acceptors (Lipinski definition) is 8. The number of carbonyl (C=O) groups is 4. The Hall–Kier alpha value is -4.35. The number of amides is 3. The van der Waals surface area contributed by atoms with Gasteiger partial charge in [-0.2, -0.15) is 0 Å². The molecule has 1 aliphatic rings. The van der Waals surface area contributed by atoms with Crippen molar-refractivity contribution in [3.63, 3.8) is 0 Å². The van der Waals surface area contributed by atoms with Crippen molar-refractivity contribution in [1.82, 2.24) is 4.90 Å². The van der Waals surface area contributed by atoms with E-state index in [0.29, 0.717) is 35.4 Å². The third kappa shape index (κ3) is 7.68. The van der Waals surface area contributed by atoms with Crippen LogP contribution >= 0.6 is 23.4 Å². The molecule has 12 heteroatoms. The molecule has 0 bridgehead atoms. The second kappa shape index (κ2) is 14.0. The maximum absolute atomic E-state index is 13.2. The van der Waals surface area contributed by atoms with Gasteiger partial charge in [0.1, 0.15) is 19.0 Å². The molecule has 1 N–H and O–H groups in total. The molecule has 0 aliphatic carbocycles. The molecule has 1 fully saturated rings. The Morgan fingerprint density at radius 2 is 1.74 bits per heavy atom. The van der Waals surface area contributed by atoms with Crippen molar-refractivity contribution in [2.24, 2.45) is 0 Å². The molecule has 218 valence electrons. The smallest absolute Gasteiger partial charge is 0.339 e. The lowest BCUT2D eigenvalue weighted by Gasteiger charge is -2.13. The van der Waals surface area contributed by atoms with E-state index in [1.807, 2.05) is 6.92 Å². The molecule has 42 heavy (non-hydrogen) atoms. The number of benzene rings is 3. The van der Waals surface area contributed by atoms with Crippen molar-refractivity contribution in [2.75, 3.05) is 25.1 Å². The molecule has 0 aromatic heterocycles. The van der Waals surface area contributed by atoms with Gasteiger partial charge in [-0.25, -0.2) is 9.18 Å². The van der Waals surface area contributed by atoms with E-state index in [2.05, 4.69) is 5.32 Å². The van der Waals surface area contributed by atoms with E-state index in [1.165, 1.54) is 36.4 Å². The summed E-state index contributed by atoms with van der Waals surface area (Å²) in [5.41, 5.74) is 1.68. The summed E-state index contributed by atoms with van der Waals surface area (Å²) < 4.78 is 29.7. The Balaban J connectivity index is 1.43.